The van der Waals surface area contributed by atoms with Gasteiger partial charge in [0.25, 0.3) is 0 Å². The molecule has 1 saturated heterocycles. The lowest BCUT2D eigenvalue weighted by Crippen LogP contribution is -2.23. The minimum Gasteiger partial charge on any atom is -0.481 e. The quantitative estimate of drug-likeness (QED) is 0.639. The van der Waals surface area contributed by atoms with Gasteiger partial charge in [0.05, 0.1) is 11.6 Å². The number of hydrogen-bond acceptors (Lipinski definition) is 5. The second-order valence-electron chi connectivity index (χ2n) is 4.46. The molecule has 2 atom stereocenters. The lowest BCUT2D eigenvalue weighted by molar-refractivity contribution is -0.389. The molecule has 96 valence electrons. The lowest BCUT2D eigenvalue weighted by atomic mass is 9.99. The minimum absolute atomic E-state index is 0.0534. The maximum absolute atomic E-state index is 11.0. The Kier molecular flexibility index (Phi) is 3.14. The van der Waals surface area contributed by atoms with Crippen molar-refractivity contribution in [2.75, 3.05) is 18.0 Å². The third-order valence-electron chi connectivity index (χ3n) is 3.21. The molecule has 0 saturated carbocycles. The summed E-state index contributed by atoms with van der Waals surface area (Å²) in [4.78, 5) is 26.5. The SMILES string of the molecule is CC1CN(c2ccc([N+](=O)[O-])nc2)CC1C(=O)O. The Bertz CT molecular complexity index is 474. The fourth-order valence-corrected chi connectivity index (χ4v) is 2.17. The van der Waals surface area contributed by atoms with Crippen molar-refractivity contribution in [3.8, 4) is 0 Å². The number of anilines is 1. The van der Waals surface area contributed by atoms with Crippen molar-refractivity contribution >= 4 is 17.5 Å². The largest absolute Gasteiger partial charge is 0.481 e. The topological polar surface area (TPSA) is 96.6 Å². The van der Waals surface area contributed by atoms with Crippen LogP contribution in [0, 0.1) is 22.0 Å². The van der Waals surface area contributed by atoms with Crippen molar-refractivity contribution in [2.45, 2.75) is 6.92 Å². The number of rotatable bonds is 3. The van der Waals surface area contributed by atoms with Gasteiger partial charge in [0.1, 0.15) is 0 Å². The number of carboxylic acid groups (broad SMARTS) is 1. The zero-order chi connectivity index (χ0) is 13.3. The summed E-state index contributed by atoms with van der Waals surface area (Å²) in [6, 6.07) is 2.93. The fraction of sp³-hybridized carbons (Fsp3) is 0.455. The van der Waals surface area contributed by atoms with Crippen LogP contribution in [0.3, 0.4) is 0 Å². The van der Waals surface area contributed by atoms with E-state index >= 15 is 0 Å². The minimum atomic E-state index is -0.806. The van der Waals surface area contributed by atoms with E-state index in [-0.39, 0.29) is 11.7 Å². The standard InChI is InChI=1S/C11H13N3O4/c1-7-5-13(6-9(7)11(15)16)8-2-3-10(12-4-8)14(17)18/h2-4,7,9H,5-6H2,1H3,(H,15,16). The average Bonchev–Trinajstić information content (AvgIpc) is 2.71. The van der Waals surface area contributed by atoms with Crippen LogP contribution in [0.2, 0.25) is 0 Å². The highest BCUT2D eigenvalue weighted by molar-refractivity contribution is 5.72. The molecule has 2 unspecified atom stereocenters. The summed E-state index contributed by atoms with van der Waals surface area (Å²) in [6.45, 7) is 2.92. The Labute approximate surface area is 103 Å². The second kappa shape index (κ2) is 4.59. The number of carboxylic acids is 1. The van der Waals surface area contributed by atoms with Gasteiger partial charge in [0.15, 0.2) is 6.20 Å². The molecule has 0 amide bonds. The number of nitro groups is 1. The zero-order valence-electron chi connectivity index (χ0n) is 9.81. The van der Waals surface area contributed by atoms with Crippen LogP contribution >= 0.6 is 0 Å². The smallest absolute Gasteiger partial charge is 0.363 e. The molecule has 1 aromatic heterocycles. The Morgan fingerprint density at radius 2 is 2.28 bits per heavy atom. The Hall–Kier alpha value is -2.18. The van der Waals surface area contributed by atoms with Gasteiger partial charge in [-0.25, -0.2) is 0 Å². The van der Waals surface area contributed by atoms with Crippen LogP contribution in [0.1, 0.15) is 6.92 Å². The van der Waals surface area contributed by atoms with E-state index in [0.717, 1.165) is 5.69 Å². The van der Waals surface area contributed by atoms with Crippen LogP contribution in [-0.4, -0.2) is 34.1 Å². The summed E-state index contributed by atoms with van der Waals surface area (Å²) in [5.41, 5.74) is 0.719. The highest BCUT2D eigenvalue weighted by Gasteiger charge is 2.35. The van der Waals surface area contributed by atoms with Crippen molar-refractivity contribution in [3.63, 3.8) is 0 Å². The first kappa shape index (κ1) is 12.3. The molecule has 18 heavy (non-hydrogen) atoms. The van der Waals surface area contributed by atoms with Gasteiger partial charge in [-0.1, -0.05) is 6.92 Å². The monoisotopic (exact) mass is 251 g/mol. The molecule has 0 spiro atoms. The molecule has 2 rings (SSSR count). The Morgan fingerprint density at radius 1 is 1.56 bits per heavy atom. The highest BCUT2D eigenvalue weighted by atomic mass is 16.6. The zero-order valence-corrected chi connectivity index (χ0v) is 9.81. The molecule has 2 heterocycles. The molecule has 1 fully saturated rings. The summed E-state index contributed by atoms with van der Waals surface area (Å²) in [5.74, 6) is -1.36. The fourth-order valence-electron chi connectivity index (χ4n) is 2.17. The van der Waals surface area contributed by atoms with Gasteiger partial charge in [-0.15, -0.1) is 0 Å². The van der Waals surface area contributed by atoms with Crippen LogP contribution in [0.4, 0.5) is 11.5 Å². The van der Waals surface area contributed by atoms with Crippen LogP contribution in [0.25, 0.3) is 0 Å². The number of carbonyl (C=O) groups is 1. The summed E-state index contributed by atoms with van der Waals surface area (Å²) in [5, 5.41) is 19.5. The Balaban J connectivity index is 2.14. The van der Waals surface area contributed by atoms with Gasteiger partial charge in [0.2, 0.25) is 0 Å². The molecule has 1 aliphatic heterocycles. The molecule has 0 bridgehead atoms. The lowest BCUT2D eigenvalue weighted by Gasteiger charge is -2.15. The van der Waals surface area contributed by atoms with E-state index in [1.54, 1.807) is 6.07 Å². The molecule has 0 aromatic carbocycles. The van der Waals surface area contributed by atoms with Crippen LogP contribution in [0.5, 0.6) is 0 Å². The highest BCUT2D eigenvalue weighted by Crippen LogP contribution is 2.28. The van der Waals surface area contributed by atoms with E-state index in [1.807, 2.05) is 11.8 Å². The molecule has 1 aromatic rings. The van der Waals surface area contributed by atoms with E-state index in [4.69, 9.17) is 5.11 Å². The number of nitrogens with zero attached hydrogens (tertiary/aromatic N) is 3. The first-order chi connectivity index (χ1) is 8.49. The van der Waals surface area contributed by atoms with Gasteiger partial charge in [-0.2, -0.15) is 0 Å². The first-order valence-electron chi connectivity index (χ1n) is 5.57. The van der Waals surface area contributed by atoms with E-state index in [9.17, 15) is 14.9 Å². The van der Waals surface area contributed by atoms with Crippen molar-refractivity contribution < 1.29 is 14.8 Å². The van der Waals surface area contributed by atoms with Crippen LogP contribution < -0.4 is 4.90 Å². The number of pyridine rings is 1. The predicted octanol–water partition coefficient (Wildman–Crippen LogP) is 1.15. The van der Waals surface area contributed by atoms with E-state index in [1.165, 1.54) is 12.3 Å². The Morgan fingerprint density at radius 3 is 2.72 bits per heavy atom. The average molecular weight is 251 g/mol. The van der Waals surface area contributed by atoms with E-state index in [0.29, 0.717) is 13.1 Å². The van der Waals surface area contributed by atoms with Gasteiger partial charge < -0.3 is 20.1 Å². The molecule has 1 N–H and O–H groups in total. The number of aromatic nitrogens is 1. The molecule has 0 aliphatic carbocycles. The predicted molar refractivity (Wildman–Crippen MR) is 63.4 cm³/mol. The molecular formula is C11H13N3O4. The maximum atomic E-state index is 11.0. The molecule has 7 heteroatoms. The third-order valence-corrected chi connectivity index (χ3v) is 3.21. The number of aliphatic carboxylic acids is 1. The van der Waals surface area contributed by atoms with Crippen molar-refractivity contribution in [2.24, 2.45) is 11.8 Å². The van der Waals surface area contributed by atoms with Gasteiger partial charge in [-0.3, -0.25) is 4.79 Å². The molecular weight excluding hydrogens is 238 g/mol. The van der Waals surface area contributed by atoms with E-state index in [2.05, 4.69) is 4.98 Å². The van der Waals surface area contributed by atoms with Crippen molar-refractivity contribution in [1.29, 1.82) is 0 Å². The summed E-state index contributed by atoms with van der Waals surface area (Å²) in [7, 11) is 0. The van der Waals surface area contributed by atoms with Gasteiger partial charge >= 0.3 is 11.8 Å². The molecule has 7 nitrogen and oxygen atoms in total. The van der Waals surface area contributed by atoms with E-state index < -0.39 is 16.8 Å². The summed E-state index contributed by atoms with van der Waals surface area (Å²) in [6.07, 6.45) is 1.41. The van der Waals surface area contributed by atoms with Crippen LogP contribution in [-0.2, 0) is 4.79 Å². The normalized spacial score (nSPS) is 23.1. The first-order valence-corrected chi connectivity index (χ1v) is 5.57. The van der Waals surface area contributed by atoms with Gasteiger partial charge in [0, 0.05) is 19.2 Å². The summed E-state index contributed by atoms with van der Waals surface area (Å²) < 4.78 is 0. The molecule has 1 aliphatic rings. The van der Waals surface area contributed by atoms with Crippen molar-refractivity contribution in [1.82, 2.24) is 4.98 Å². The maximum Gasteiger partial charge on any atom is 0.363 e. The number of hydrogen-bond donors (Lipinski definition) is 1. The third kappa shape index (κ3) is 2.24. The van der Waals surface area contributed by atoms with Crippen molar-refractivity contribution in [3.05, 3.63) is 28.4 Å². The summed E-state index contributed by atoms with van der Waals surface area (Å²) >= 11 is 0. The van der Waals surface area contributed by atoms with Gasteiger partial charge in [-0.05, 0) is 21.9 Å². The van der Waals surface area contributed by atoms with Crippen LogP contribution in [0.15, 0.2) is 18.3 Å². The molecule has 0 radical (unpaired) electrons. The second-order valence-corrected chi connectivity index (χ2v) is 4.46.